The van der Waals surface area contributed by atoms with Crippen molar-refractivity contribution in [2.75, 3.05) is 19.7 Å². The fourth-order valence-corrected chi connectivity index (χ4v) is 1.57. The average Bonchev–Trinajstić information content (AvgIpc) is 2.33. The lowest BCUT2D eigenvalue weighted by Crippen LogP contribution is -2.38. The van der Waals surface area contributed by atoms with Gasteiger partial charge in [0.15, 0.2) is 0 Å². The first-order chi connectivity index (χ1) is 8.88. The third-order valence-corrected chi connectivity index (χ3v) is 2.51. The molecule has 0 spiro atoms. The van der Waals surface area contributed by atoms with Crippen LogP contribution >= 0.6 is 0 Å². The maximum Gasteiger partial charge on any atom is 0.260 e. The van der Waals surface area contributed by atoms with Crippen molar-refractivity contribution < 1.29 is 27.5 Å². The fourth-order valence-electron chi connectivity index (χ4n) is 1.57. The summed E-state index contributed by atoms with van der Waals surface area (Å²) in [5, 5.41) is 8.71. The molecule has 0 aliphatic rings. The quantitative estimate of drug-likeness (QED) is 0.837. The van der Waals surface area contributed by atoms with E-state index in [1.165, 1.54) is 6.92 Å². The van der Waals surface area contributed by atoms with Crippen molar-refractivity contribution in [1.82, 2.24) is 4.90 Å². The van der Waals surface area contributed by atoms with Gasteiger partial charge >= 0.3 is 0 Å². The van der Waals surface area contributed by atoms with Crippen molar-refractivity contribution >= 4 is 5.91 Å². The Morgan fingerprint density at radius 1 is 1.37 bits per heavy atom. The van der Waals surface area contributed by atoms with E-state index in [2.05, 4.69) is 0 Å². The van der Waals surface area contributed by atoms with Crippen molar-refractivity contribution in [3.63, 3.8) is 0 Å². The summed E-state index contributed by atoms with van der Waals surface area (Å²) in [6, 6.07) is 2.04. The Balaban J connectivity index is 3.12. The molecule has 1 rings (SSSR count). The Bertz CT molecular complexity index is 465. The molecule has 7 heteroatoms. The molecule has 1 N–H and O–H groups in total. The highest BCUT2D eigenvalue weighted by molar-refractivity contribution is 5.95. The van der Waals surface area contributed by atoms with E-state index < -0.39 is 49.2 Å². The van der Waals surface area contributed by atoms with Gasteiger partial charge in [-0.05, 0) is 18.6 Å². The molecule has 0 radical (unpaired) electrons. The van der Waals surface area contributed by atoms with Crippen LogP contribution in [0, 0.1) is 18.6 Å². The third-order valence-electron chi connectivity index (χ3n) is 2.51. The second-order valence-corrected chi connectivity index (χ2v) is 3.92. The Labute approximate surface area is 107 Å². The summed E-state index contributed by atoms with van der Waals surface area (Å²) < 4.78 is 51.8. The number of carbonyl (C=O) groups excluding carboxylic acids is 1. The number of aliphatic hydroxyl groups excluding tert-OH is 1. The van der Waals surface area contributed by atoms with Crippen LogP contribution in [-0.2, 0) is 0 Å². The number of rotatable bonds is 5. The summed E-state index contributed by atoms with van der Waals surface area (Å²) in [6.07, 6.45) is -2.86. The maximum atomic E-state index is 13.7. The van der Waals surface area contributed by atoms with Crippen LogP contribution in [0.25, 0.3) is 0 Å². The number of hydrogen-bond acceptors (Lipinski definition) is 2. The topological polar surface area (TPSA) is 40.5 Å². The zero-order valence-electron chi connectivity index (χ0n) is 10.2. The molecular weight excluding hydrogens is 266 g/mol. The van der Waals surface area contributed by atoms with Gasteiger partial charge in [0.2, 0.25) is 0 Å². The van der Waals surface area contributed by atoms with Crippen LogP contribution in [0.5, 0.6) is 0 Å². The monoisotopic (exact) mass is 279 g/mol. The number of benzene rings is 1. The van der Waals surface area contributed by atoms with E-state index in [9.17, 15) is 22.4 Å². The molecule has 0 aliphatic carbocycles. The second-order valence-electron chi connectivity index (χ2n) is 3.92. The first-order valence-corrected chi connectivity index (χ1v) is 5.51. The number of aliphatic hydroxyl groups is 1. The maximum absolute atomic E-state index is 13.7. The van der Waals surface area contributed by atoms with E-state index in [1.807, 2.05) is 0 Å². The van der Waals surface area contributed by atoms with Crippen molar-refractivity contribution in [1.29, 1.82) is 0 Å². The summed E-state index contributed by atoms with van der Waals surface area (Å²) in [6.45, 7) is -0.662. The number of nitrogens with zero attached hydrogens (tertiary/aromatic N) is 1. The van der Waals surface area contributed by atoms with Crippen LogP contribution in [0.2, 0.25) is 0 Å². The molecule has 1 aromatic carbocycles. The molecule has 0 unspecified atom stereocenters. The van der Waals surface area contributed by atoms with Gasteiger partial charge in [0.25, 0.3) is 12.3 Å². The highest BCUT2D eigenvalue weighted by Gasteiger charge is 2.25. The lowest BCUT2D eigenvalue weighted by Gasteiger charge is -2.22. The first-order valence-electron chi connectivity index (χ1n) is 5.51. The molecule has 19 heavy (non-hydrogen) atoms. The molecule has 0 atom stereocenters. The highest BCUT2D eigenvalue weighted by atomic mass is 19.3. The fraction of sp³-hybridized carbons (Fsp3) is 0.417. The van der Waals surface area contributed by atoms with Crippen LogP contribution in [0.3, 0.4) is 0 Å². The predicted octanol–water partition coefficient (Wildman–Crippen LogP) is 1.97. The van der Waals surface area contributed by atoms with Gasteiger partial charge in [0, 0.05) is 6.54 Å². The van der Waals surface area contributed by atoms with Crippen LogP contribution in [-0.4, -0.2) is 42.0 Å². The summed E-state index contributed by atoms with van der Waals surface area (Å²) in [5.74, 6) is -3.40. The molecule has 3 nitrogen and oxygen atoms in total. The summed E-state index contributed by atoms with van der Waals surface area (Å²) in [7, 11) is 0. The molecule has 0 fully saturated rings. The average molecular weight is 279 g/mol. The number of hydrogen-bond donors (Lipinski definition) is 1. The molecule has 0 heterocycles. The molecule has 0 saturated heterocycles. The van der Waals surface area contributed by atoms with Gasteiger partial charge in [0.05, 0.1) is 13.2 Å². The summed E-state index contributed by atoms with van der Waals surface area (Å²) in [4.78, 5) is 12.4. The Kier molecular flexibility index (Phi) is 5.29. The normalized spacial score (nSPS) is 10.9. The Morgan fingerprint density at radius 3 is 2.53 bits per heavy atom. The van der Waals surface area contributed by atoms with Crippen molar-refractivity contribution in [3.8, 4) is 0 Å². The lowest BCUT2D eigenvalue weighted by atomic mass is 10.1. The van der Waals surface area contributed by atoms with E-state index in [-0.39, 0.29) is 5.56 Å². The van der Waals surface area contributed by atoms with Crippen molar-refractivity contribution in [2.45, 2.75) is 13.3 Å². The van der Waals surface area contributed by atoms with E-state index in [0.717, 1.165) is 12.1 Å². The number of amides is 1. The second kappa shape index (κ2) is 6.51. The van der Waals surface area contributed by atoms with Gasteiger partial charge in [-0.25, -0.2) is 17.6 Å². The lowest BCUT2D eigenvalue weighted by molar-refractivity contribution is 0.0500. The molecule has 0 saturated carbocycles. The van der Waals surface area contributed by atoms with Crippen LogP contribution in [0.15, 0.2) is 12.1 Å². The Morgan fingerprint density at radius 2 is 2.00 bits per heavy atom. The molecule has 1 aromatic rings. The SMILES string of the molecule is Cc1ccc(F)c(C(=O)N(CCO)CC(F)F)c1F. The standard InChI is InChI=1S/C12H13F4NO2/c1-7-2-3-8(13)10(11(7)16)12(19)17(4-5-18)6-9(14)15/h2-3,9,18H,4-6H2,1H3. The Hall–Kier alpha value is -1.63. The minimum atomic E-state index is -2.86. The van der Waals surface area contributed by atoms with E-state index in [0.29, 0.717) is 4.90 Å². The molecule has 0 aromatic heterocycles. The first kappa shape index (κ1) is 15.4. The molecule has 1 amide bonds. The number of carbonyl (C=O) groups is 1. The van der Waals surface area contributed by atoms with Gasteiger partial charge in [-0.1, -0.05) is 6.07 Å². The number of halogens is 4. The number of alkyl halides is 2. The number of aryl methyl sites for hydroxylation is 1. The van der Waals surface area contributed by atoms with E-state index >= 15 is 0 Å². The minimum Gasteiger partial charge on any atom is -0.395 e. The smallest absolute Gasteiger partial charge is 0.260 e. The van der Waals surface area contributed by atoms with Gasteiger partial charge < -0.3 is 10.0 Å². The summed E-state index contributed by atoms with van der Waals surface area (Å²) in [5.41, 5.74) is -0.847. The summed E-state index contributed by atoms with van der Waals surface area (Å²) >= 11 is 0. The van der Waals surface area contributed by atoms with E-state index in [4.69, 9.17) is 5.11 Å². The zero-order valence-corrected chi connectivity index (χ0v) is 10.2. The molecule has 0 aliphatic heterocycles. The predicted molar refractivity (Wildman–Crippen MR) is 60.1 cm³/mol. The molecule has 0 bridgehead atoms. The third kappa shape index (κ3) is 3.66. The largest absolute Gasteiger partial charge is 0.395 e. The van der Waals surface area contributed by atoms with E-state index in [1.54, 1.807) is 0 Å². The van der Waals surface area contributed by atoms with Crippen molar-refractivity contribution in [2.24, 2.45) is 0 Å². The van der Waals surface area contributed by atoms with Gasteiger partial charge in [-0.3, -0.25) is 4.79 Å². The van der Waals surface area contributed by atoms with Crippen molar-refractivity contribution in [3.05, 3.63) is 34.9 Å². The van der Waals surface area contributed by atoms with Crippen LogP contribution in [0.1, 0.15) is 15.9 Å². The zero-order chi connectivity index (χ0) is 14.6. The van der Waals surface area contributed by atoms with Gasteiger partial charge in [0.1, 0.15) is 17.2 Å². The van der Waals surface area contributed by atoms with Gasteiger partial charge in [-0.2, -0.15) is 0 Å². The van der Waals surface area contributed by atoms with Crippen LogP contribution in [0.4, 0.5) is 17.6 Å². The highest BCUT2D eigenvalue weighted by Crippen LogP contribution is 2.18. The minimum absolute atomic E-state index is 0.0331. The molecular formula is C12H13F4NO2. The van der Waals surface area contributed by atoms with Crippen LogP contribution < -0.4 is 0 Å². The molecule has 106 valence electrons. The van der Waals surface area contributed by atoms with Gasteiger partial charge in [-0.15, -0.1) is 0 Å².